The van der Waals surface area contributed by atoms with Gasteiger partial charge in [-0.1, -0.05) is 44.5 Å². The molecule has 2 aromatic carbocycles. The monoisotopic (exact) mass is 604 g/mol. The molecule has 1 saturated heterocycles. The number of hydrogen-bond acceptors (Lipinski definition) is 6. The molecular formula is C32H46F2N4O5. The summed E-state index contributed by atoms with van der Waals surface area (Å²) in [5.41, 5.74) is 2.51. The summed E-state index contributed by atoms with van der Waals surface area (Å²) >= 11 is 0. The first kappa shape index (κ1) is 34.4. The van der Waals surface area contributed by atoms with Crippen LogP contribution in [0.5, 0.6) is 0 Å². The van der Waals surface area contributed by atoms with Crippen LogP contribution >= 0.6 is 0 Å². The predicted molar refractivity (Wildman–Crippen MR) is 160 cm³/mol. The Bertz CT molecular complexity index is 1160. The van der Waals surface area contributed by atoms with Crippen LogP contribution in [0.3, 0.4) is 0 Å². The number of rotatable bonds is 17. The first-order valence-electron chi connectivity index (χ1n) is 15.1. The van der Waals surface area contributed by atoms with E-state index in [1.165, 1.54) is 24.7 Å². The van der Waals surface area contributed by atoms with Crippen molar-refractivity contribution in [3.63, 3.8) is 0 Å². The fourth-order valence-electron chi connectivity index (χ4n) is 5.24. The van der Waals surface area contributed by atoms with Crippen LogP contribution in [0.4, 0.5) is 13.6 Å². The third-order valence-electron chi connectivity index (χ3n) is 7.64. The number of urea groups is 1. The van der Waals surface area contributed by atoms with Gasteiger partial charge in [-0.2, -0.15) is 0 Å². The highest BCUT2D eigenvalue weighted by Gasteiger charge is 2.37. The first-order chi connectivity index (χ1) is 20.7. The first-order valence-corrected chi connectivity index (χ1v) is 15.1. The summed E-state index contributed by atoms with van der Waals surface area (Å²) in [4.78, 5) is 25.9. The normalized spacial score (nSPS) is 16.3. The molecule has 0 saturated carbocycles. The van der Waals surface area contributed by atoms with E-state index in [0.717, 1.165) is 30.9 Å². The Morgan fingerprint density at radius 3 is 2.33 bits per heavy atom. The summed E-state index contributed by atoms with van der Waals surface area (Å²) in [6.07, 6.45) is 2.84. The molecule has 0 spiro atoms. The lowest BCUT2D eigenvalue weighted by molar-refractivity contribution is -0.169. The van der Waals surface area contributed by atoms with Crippen molar-refractivity contribution < 1.29 is 33.0 Å². The zero-order chi connectivity index (χ0) is 31.2. The van der Waals surface area contributed by atoms with Crippen LogP contribution in [0.25, 0.3) is 0 Å². The van der Waals surface area contributed by atoms with Crippen LogP contribution in [-0.2, 0) is 33.7 Å². The Labute approximate surface area is 253 Å². The lowest BCUT2D eigenvalue weighted by Gasteiger charge is -2.31. The minimum Gasteiger partial charge on any atom is -0.390 e. The van der Waals surface area contributed by atoms with E-state index in [9.17, 15) is 23.5 Å². The second-order valence-corrected chi connectivity index (χ2v) is 11.0. The maximum absolute atomic E-state index is 14.0. The van der Waals surface area contributed by atoms with Crippen LogP contribution in [0.1, 0.15) is 62.6 Å². The van der Waals surface area contributed by atoms with Crippen LogP contribution < -0.4 is 21.3 Å². The molecule has 0 aromatic heterocycles. The van der Waals surface area contributed by atoms with Gasteiger partial charge in [0.05, 0.1) is 25.4 Å². The van der Waals surface area contributed by atoms with Crippen LogP contribution in [0.2, 0.25) is 0 Å². The van der Waals surface area contributed by atoms with Crippen LogP contribution in [0, 0.1) is 11.6 Å². The summed E-state index contributed by atoms with van der Waals surface area (Å²) in [5.74, 6) is -2.87. The smallest absolute Gasteiger partial charge is 0.315 e. The van der Waals surface area contributed by atoms with Crippen molar-refractivity contribution in [2.24, 2.45) is 0 Å². The maximum atomic E-state index is 14.0. The van der Waals surface area contributed by atoms with Gasteiger partial charge in [-0.25, -0.2) is 13.6 Å². The second kappa shape index (κ2) is 17.2. The number of aliphatic hydroxyl groups excluding tert-OH is 1. The number of aryl methyl sites for hydroxylation is 1. The lowest BCUT2D eigenvalue weighted by Crippen LogP contribution is -2.56. The third kappa shape index (κ3) is 11.1. The molecule has 238 valence electrons. The number of carbonyl (C=O) groups excluding carboxylic acids is 2. The highest BCUT2D eigenvalue weighted by Crippen LogP contribution is 2.31. The van der Waals surface area contributed by atoms with Gasteiger partial charge in [0.1, 0.15) is 17.7 Å². The van der Waals surface area contributed by atoms with Gasteiger partial charge in [0.2, 0.25) is 5.91 Å². The van der Waals surface area contributed by atoms with Crippen molar-refractivity contribution >= 4 is 11.9 Å². The molecular weight excluding hydrogens is 558 g/mol. The number of amides is 3. The third-order valence-corrected chi connectivity index (χ3v) is 7.64. The zero-order valence-electron chi connectivity index (χ0n) is 25.4. The molecule has 11 heteroatoms. The van der Waals surface area contributed by atoms with Gasteiger partial charge in [-0.3, -0.25) is 4.79 Å². The molecule has 3 atom stereocenters. The minimum atomic E-state index is -1.11. The van der Waals surface area contributed by atoms with E-state index in [1.807, 2.05) is 18.2 Å². The molecule has 0 bridgehead atoms. The fraction of sp³-hybridized carbons (Fsp3) is 0.562. The SMILES string of the molecule is CCCCC1(CC[C@@H](NC(=O)NC)C(=O)N[C@@H](Cc2cc(F)cc(F)c2)[C@@H](O)CNCc2cccc(CC)c2)OCCO1. The van der Waals surface area contributed by atoms with Crippen LogP contribution in [0.15, 0.2) is 42.5 Å². The van der Waals surface area contributed by atoms with Gasteiger partial charge >= 0.3 is 6.03 Å². The Balaban J connectivity index is 1.74. The maximum Gasteiger partial charge on any atom is 0.315 e. The molecule has 1 fully saturated rings. The topological polar surface area (TPSA) is 121 Å². The second-order valence-electron chi connectivity index (χ2n) is 11.0. The zero-order valence-corrected chi connectivity index (χ0v) is 25.4. The molecule has 0 aliphatic carbocycles. The van der Waals surface area contributed by atoms with Crippen molar-refractivity contribution in [2.75, 3.05) is 26.8 Å². The van der Waals surface area contributed by atoms with Gasteiger partial charge in [0.25, 0.3) is 0 Å². The number of nitrogens with one attached hydrogen (secondary N) is 4. The molecule has 2 aromatic rings. The number of benzene rings is 2. The van der Waals surface area contributed by atoms with Crippen LogP contribution in [-0.4, -0.2) is 67.8 Å². The Kier molecular flexibility index (Phi) is 13.8. The van der Waals surface area contributed by atoms with E-state index < -0.39 is 47.5 Å². The number of unbranched alkanes of at least 4 members (excludes halogenated alkanes) is 1. The Morgan fingerprint density at radius 1 is 0.977 bits per heavy atom. The van der Waals surface area contributed by atoms with Gasteiger partial charge in [-0.05, 0) is 54.5 Å². The Morgan fingerprint density at radius 2 is 1.67 bits per heavy atom. The van der Waals surface area contributed by atoms with Gasteiger partial charge in [0.15, 0.2) is 5.79 Å². The molecule has 5 N–H and O–H groups in total. The average molecular weight is 605 g/mol. The Hall–Kier alpha value is -3.12. The van der Waals surface area contributed by atoms with E-state index in [0.29, 0.717) is 32.6 Å². The number of ether oxygens (including phenoxy) is 2. The summed E-state index contributed by atoms with van der Waals surface area (Å²) < 4.78 is 39.8. The van der Waals surface area contributed by atoms with E-state index in [4.69, 9.17) is 9.47 Å². The van der Waals surface area contributed by atoms with Crippen molar-refractivity contribution in [1.82, 2.24) is 21.3 Å². The molecule has 1 heterocycles. The summed E-state index contributed by atoms with van der Waals surface area (Å²) in [6, 6.07) is 8.75. The molecule has 0 radical (unpaired) electrons. The molecule has 0 unspecified atom stereocenters. The molecule has 43 heavy (non-hydrogen) atoms. The molecule has 1 aliphatic rings. The fourth-order valence-corrected chi connectivity index (χ4v) is 5.24. The number of halogens is 2. The molecule has 9 nitrogen and oxygen atoms in total. The van der Waals surface area contributed by atoms with Crippen molar-refractivity contribution in [2.45, 2.75) is 89.3 Å². The standard InChI is InChI=1S/C32H46F2N4O5/c1-4-6-11-32(42-13-14-43-32)12-10-27(38-31(41)35-3)30(40)37-28(18-24-16-25(33)19-26(34)17-24)29(39)21-36-20-23-9-7-8-22(5-2)15-23/h7-9,15-17,19,27-29,36,39H,4-6,10-14,18,20-21H2,1-3H3,(H,37,40)(H2,35,38,41)/t27-,28+,29+/m1/s1. The van der Waals surface area contributed by atoms with Crippen molar-refractivity contribution in [1.29, 1.82) is 0 Å². The van der Waals surface area contributed by atoms with E-state index >= 15 is 0 Å². The van der Waals surface area contributed by atoms with Crippen molar-refractivity contribution in [3.05, 3.63) is 70.8 Å². The number of carbonyl (C=O) groups is 2. The van der Waals surface area contributed by atoms with E-state index in [-0.39, 0.29) is 24.9 Å². The molecule has 1 aliphatic heterocycles. The number of hydrogen-bond donors (Lipinski definition) is 5. The van der Waals surface area contributed by atoms with Gasteiger partial charge in [-0.15, -0.1) is 0 Å². The quantitative estimate of drug-likeness (QED) is 0.188. The summed E-state index contributed by atoms with van der Waals surface area (Å²) in [6.45, 7) is 5.65. The highest BCUT2D eigenvalue weighted by molar-refractivity contribution is 5.87. The van der Waals surface area contributed by atoms with Crippen molar-refractivity contribution in [3.8, 4) is 0 Å². The highest BCUT2D eigenvalue weighted by atomic mass is 19.1. The average Bonchev–Trinajstić information content (AvgIpc) is 3.46. The lowest BCUT2D eigenvalue weighted by atomic mass is 9.97. The largest absolute Gasteiger partial charge is 0.390 e. The predicted octanol–water partition coefficient (Wildman–Crippen LogP) is 3.72. The summed E-state index contributed by atoms with van der Waals surface area (Å²) in [5, 5.41) is 22.4. The van der Waals surface area contributed by atoms with E-state index in [2.05, 4.69) is 41.2 Å². The molecule has 3 amide bonds. The molecule has 3 rings (SSSR count). The minimum absolute atomic E-state index is 0.0338. The van der Waals surface area contributed by atoms with Gasteiger partial charge < -0.3 is 35.8 Å². The number of aliphatic hydroxyl groups is 1. The van der Waals surface area contributed by atoms with Gasteiger partial charge in [0, 0.05) is 39.0 Å². The summed E-state index contributed by atoms with van der Waals surface area (Å²) in [7, 11) is 1.45. The van der Waals surface area contributed by atoms with E-state index in [1.54, 1.807) is 0 Å².